The molecular weight excluding hydrogens is 420 g/mol. The number of aromatic carboxylic acids is 1. The lowest BCUT2D eigenvalue weighted by atomic mass is 10.1. The number of nitrogens with zero attached hydrogens (tertiary/aromatic N) is 2. The largest absolute Gasteiger partial charge is 0.478 e. The number of carbonyl (C=O) groups excluding carboxylic acids is 1. The van der Waals surface area contributed by atoms with Crippen molar-refractivity contribution in [2.24, 2.45) is 0 Å². The summed E-state index contributed by atoms with van der Waals surface area (Å²) in [5, 5.41) is 26.0. The van der Waals surface area contributed by atoms with Gasteiger partial charge in [0, 0.05) is 30.4 Å². The highest BCUT2D eigenvalue weighted by atomic mass is 32.1. The third-order valence-corrected chi connectivity index (χ3v) is 5.28. The summed E-state index contributed by atoms with van der Waals surface area (Å²) in [5.74, 6) is -1.62. The van der Waals surface area contributed by atoms with E-state index in [1.54, 1.807) is 25.1 Å². The van der Waals surface area contributed by atoms with Crippen molar-refractivity contribution in [3.05, 3.63) is 63.2 Å². The first kappa shape index (κ1) is 22.2. The Hall–Kier alpha value is -3.53. The van der Waals surface area contributed by atoms with Gasteiger partial charge in [-0.2, -0.15) is 0 Å². The van der Waals surface area contributed by atoms with Crippen LogP contribution >= 0.6 is 12.2 Å². The average Bonchev–Trinajstić information content (AvgIpc) is 2.75. The van der Waals surface area contributed by atoms with E-state index in [1.807, 2.05) is 4.90 Å². The summed E-state index contributed by atoms with van der Waals surface area (Å²) in [4.78, 5) is 36.7. The van der Waals surface area contributed by atoms with Crippen LogP contribution in [0.15, 0.2) is 36.4 Å². The SMILES string of the molecule is Cc1cc(C(=O)O)ccc1NC(=S)NC(=O)c1ccc(N2CCCCC2)c([N+](=O)[O-])c1. The van der Waals surface area contributed by atoms with Crippen molar-refractivity contribution in [3.8, 4) is 0 Å². The summed E-state index contributed by atoms with van der Waals surface area (Å²) in [6, 6.07) is 8.86. The Labute approximate surface area is 184 Å². The number of nitro benzene ring substituents is 1. The highest BCUT2D eigenvalue weighted by Crippen LogP contribution is 2.31. The molecule has 0 atom stereocenters. The first-order valence-corrected chi connectivity index (χ1v) is 10.2. The van der Waals surface area contributed by atoms with Gasteiger partial charge in [0.25, 0.3) is 11.6 Å². The summed E-state index contributed by atoms with van der Waals surface area (Å²) < 4.78 is 0. The number of hydrogen-bond donors (Lipinski definition) is 3. The number of carbonyl (C=O) groups is 2. The van der Waals surface area contributed by atoms with Crippen LogP contribution in [0.2, 0.25) is 0 Å². The van der Waals surface area contributed by atoms with Crippen molar-refractivity contribution in [1.82, 2.24) is 5.32 Å². The minimum Gasteiger partial charge on any atom is -0.478 e. The Bertz CT molecular complexity index is 1050. The van der Waals surface area contributed by atoms with Gasteiger partial charge >= 0.3 is 5.97 Å². The minimum absolute atomic E-state index is 0.000986. The molecule has 1 saturated heterocycles. The number of nitrogens with one attached hydrogen (secondary N) is 2. The predicted molar refractivity (Wildman–Crippen MR) is 121 cm³/mol. The normalized spacial score (nSPS) is 13.4. The summed E-state index contributed by atoms with van der Waals surface area (Å²) >= 11 is 5.17. The standard InChI is InChI=1S/C21H22N4O5S/c1-13-11-15(20(27)28)5-7-16(13)22-21(31)23-19(26)14-6-8-17(18(12-14)25(29)30)24-9-3-2-4-10-24/h5-8,11-12H,2-4,9-10H2,1H3,(H,27,28)(H2,22,23,26,31). The van der Waals surface area contributed by atoms with E-state index in [1.165, 1.54) is 18.2 Å². The fraction of sp³-hybridized carbons (Fsp3) is 0.286. The number of benzene rings is 2. The van der Waals surface area contributed by atoms with Crippen LogP contribution in [0, 0.1) is 17.0 Å². The van der Waals surface area contributed by atoms with Crippen LogP contribution in [-0.2, 0) is 0 Å². The number of piperidine rings is 1. The summed E-state index contributed by atoms with van der Waals surface area (Å²) in [6.45, 7) is 3.21. The molecule has 1 heterocycles. The molecule has 9 nitrogen and oxygen atoms in total. The van der Waals surface area contributed by atoms with Gasteiger partial charge in [0.15, 0.2) is 5.11 Å². The van der Waals surface area contributed by atoms with Crippen LogP contribution in [0.1, 0.15) is 45.5 Å². The Balaban J connectivity index is 1.72. The number of anilines is 2. The molecule has 0 saturated carbocycles. The van der Waals surface area contributed by atoms with Crippen molar-refractivity contribution in [2.75, 3.05) is 23.3 Å². The molecule has 0 unspecified atom stereocenters. The molecule has 0 spiro atoms. The number of thiocarbonyl (C=S) groups is 1. The van der Waals surface area contributed by atoms with Gasteiger partial charge in [0.2, 0.25) is 0 Å². The molecular formula is C21H22N4O5S. The summed E-state index contributed by atoms with van der Waals surface area (Å²) in [6.07, 6.45) is 3.06. The lowest BCUT2D eigenvalue weighted by Crippen LogP contribution is -2.34. The Morgan fingerprint density at radius 2 is 1.77 bits per heavy atom. The second kappa shape index (κ2) is 9.52. The Kier molecular flexibility index (Phi) is 6.81. The fourth-order valence-electron chi connectivity index (χ4n) is 3.48. The zero-order valence-electron chi connectivity index (χ0n) is 16.9. The number of nitro groups is 1. The number of aryl methyl sites for hydroxylation is 1. The molecule has 0 aromatic heterocycles. The zero-order chi connectivity index (χ0) is 22.5. The van der Waals surface area contributed by atoms with E-state index in [4.69, 9.17) is 17.3 Å². The molecule has 10 heteroatoms. The molecule has 162 valence electrons. The van der Waals surface area contributed by atoms with E-state index in [-0.39, 0.29) is 21.9 Å². The van der Waals surface area contributed by atoms with Gasteiger partial charge in [-0.15, -0.1) is 0 Å². The summed E-state index contributed by atoms with van der Waals surface area (Å²) in [5.41, 5.74) is 1.83. The van der Waals surface area contributed by atoms with Gasteiger partial charge in [-0.25, -0.2) is 4.79 Å². The van der Waals surface area contributed by atoms with Crippen LogP contribution in [-0.4, -0.2) is 40.1 Å². The van der Waals surface area contributed by atoms with Crippen molar-refractivity contribution in [3.63, 3.8) is 0 Å². The van der Waals surface area contributed by atoms with Crippen molar-refractivity contribution in [1.29, 1.82) is 0 Å². The van der Waals surface area contributed by atoms with Crippen LogP contribution in [0.4, 0.5) is 17.1 Å². The van der Waals surface area contributed by atoms with Crippen LogP contribution in [0.3, 0.4) is 0 Å². The number of carboxylic acids is 1. The smallest absolute Gasteiger partial charge is 0.335 e. The van der Waals surface area contributed by atoms with Crippen LogP contribution in [0.25, 0.3) is 0 Å². The number of rotatable bonds is 5. The van der Waals surface area contributed by atoms with Gasteiger partial charge in [-0.1, -0.05) is 0 Å². The molecule has 31 heavy (non-hydrogen) atoms. The molecule has 2 aromatic carbocycles. The van der Waals surface area contributed by atoms with Gasteiger partial charge in [0.05, 0.1) is 10.5 Å². The average molecular weight is 442 g/mol. The van der Waals surface area contributed by atoms with E-state index >= 15 is 0 Å². The van der Waals surface area contributed by atoms with Crippen molar-refractivity contribution >= 4 is 46.3 Å². The third kappa shape index (κ3) is 5.34. The van der Waals surface area contributed by atoms with E-state index in [0.717, 1.165) is 32.4 Å². The van der Waals surface area contributed by atoms with E-state index in [0.29, 0.717) is 16.9 Å². The summed E-state index contributed by atoms with van der Waals surface area (Å²) in [7, 11) is 0. The molecule has 3 N–H and O–H groups in total. The predicted octanol–water partition coefficient (Wildman–Crippen LogP) is 3.72. The number of hydrogen-bond acceptors (Lipinski definition) is 6. The molecule has 3 rings (SSSR count). The molecule has 0 radical (unpaired) electrons. The van der Waals surface area contributed by atoms with Crippen molar-refractivity contribution in [2.45, 2.75) is 26.2 Å². The minimum atomic E-state index is -1.04. The topological polar surface area (TPSA) is 125 Å². The maximum absolute atomic E-state index is 12.6. The van der Waals surface area contributed by atoms with Crippen LogP contribution in [0.5, 0.6) is 0 Å². The molecule has 1 aliphatic heterocycles. The van der Waals surface area contributed by atoms with Gasteiger partial charge in [-0.05, 0) is 74.3 Å². The van der Waals surface area contributed by atoms with E-state index in [9.17, 15) is 19.7 Å². The Morgan fingerprint density at radius 1 is 1.10 bits per heavy atom. The van der Waals surface area contributed by atoms with Crippen molar-refractivity contribution < 1.29 is 19.6 Å². The lowest BCUT2D eigenvalue weighted by molar-refractivity contribution is -0.384. The zero-order valence-corrected chi connectivity index (χ0v) is 17.7. The second-order valence-corrected chi connectivity index (χ2v) is 7.66. The lowest BCUT2D eigenvalue weighted by Gasteiger charge is -2.28. The first-order valence-electron chi connectivity index (χ1n) is 9.76. The quantitative estimate of drug-likeness (QED) is 0.364. The first-order chi connectivity index (χ1) is 14.8. The molecule has 2 aromatic rings. The second-order valence-electron chi connectivity index (χ2n) is 7.25. The maximum atomic E-state index is 12.6. The number of carboxylic acid groups (broad SMARTS) is 1. The molecule has 1 amide bonds. The third-order valence-electron chi connectivity index (χ3n) is 5.08. The van der Waals surface area contributed by atoms with Gasteiger partial charge in [0.1, 0.15) is 5.69 Å². The molecule has 1 aliphatic rings. The van der Waals surface area contributed by atoms with E-state index < -0.39 is 16.8 Å². The van der Waals surface area contributed by atoms with Gasteiger partial charge < -0.3 is 15.3 Å². The highest BCUT2D eigenvalue weighted by Gasteiger charge is 2.23. The monoisotopic (exact) mass is 442 g/mol. The highest BCUT2D eigenvalue weighted by molar-refractivity contribution is 7.80. The maximum Gasteiger partial charge on any atom is 0.335 e. The number of amides is 1. The fourth-order valence-corrected chi connectivity index (χ4v) is 3.68. The van der Waals surface area contributed by atoms with Crippen LogP contribution < -0.4 is 15.5 Å². The molecule has 0 aliphatic carbocycles. The Morgan fingerprint density at radius 3 is 2.39 bits per heavy atom. The van der Waals surface area contributed by atoms with Gasteiger partial charge in [-0.3, -0.25) is 20.2 Å². The van der Waals surface area contributed by atoms with E-state index in [2.05, 4.69) is 10.6 Å². The molecule has 0 bridgehead atoms. The molecule has 1 fully saturated rings.